The first-order valence-electron chi connectivity index (χ1n) is 6.98. The molecule has 0 saturated carbocycles. The second kappa shape index (κ2) is 5.77. The lowest BCUT2D eigenvalue weighted by atomic mass is 10.2. The summed E-state index contributed by atoms with van der Waals surface area (Å²) in [4.78, 5) is 18.5. The minimum atomic E-state index is -0.209. The summed E-state index contributed by atoms with van der Waals surface area (Å²) in [6, 6.07) is 5.44. The van der Waals surface area contributed by atoms with Crippen LogP contribution in [0.3, 0.4) is 0 Å². The molecule has 2 aromatic rings. The van der Waals surface area contributed by atoms with Gasteiger partial charge in [-0.1, -0.05) is 11.6 Å². The number of anilines is 2. The van der Waals surface area contributed by atoms with Crippen LogP contribution >= 0.6 is 11.6 Å². The van der Waals surface area contributed by atoms with Crippen molar-refractivity contribution < 1.29 is 4.79 Å². The number of halogens is 1. The van der Waals surface area contributed by atoms with Gasteiger partial charge in [0.15, 0.2) is 0 Å². The van der Waals surface area contributed by atoms with E-state index in [-0.39, 0.29) is 5.91 Å². The van der Waals surface area contributed by atoms with E-state index in [0.717, 1.165) is 18.8 Å². The minimum absolute atomic E-state index is 0.209. The summed E-state index contributed by atoms with van der Waals surface area (Å²) in [5.74, 6) is 0.305. The van der Waals surface area contributed by atoms with Gasteiger partial charge < -0.3 is 9.47 Å². The van der Waals surface area contributed by atoms with E-state index in [0.29, 0.717) is 16.5 Å². The molecule has 3 rings (SSSR count). The molecule has 1 N–H and O–H groups in total. The molecule has 0 spiro atoms. The number of hydrogen-bond donors (Lipinski definition) is 1. The Labute approximate surface area is 128 Å². The Balaban J connectivity index is 1.78. The monoisotopic (exact) mass is 304 g/mol. The minimum Gasteiger partial charge on any atom is -0.370 e. The fourth-order valence-corrected chi connectivity index (χ4v) is 2.82. The van der Waals surface area contributed by atoms with Crippen LogP contribution in [0.4, 0.5) is 11.6 Å². The summed E-state index contributed by atoms with van der Waals surface area (Å²) in [7, 11) is 1.83. The highest BCUT2D eigenvalue weighted by Gasteiger charge is 2.17. The molecule has 1 saturated heterocycles. The van der Waals surface area contributed by atoms with Gasteiger partial charge in [-0.25, -0.2) is 4.98 Å². The van der Waals surface area contributed by atoms with Crippen molar-refractivity contribution in [1.29, 1.82) is 0 Å². The standard InChI is InChI=1S/C15H17ClN4O/c1-19-9-6-17-15(19)18-14(21)11-4-5-13(12(16)10-11)20-7-2-3-8-20/h4-6,9-10H,2-3,7-8H2,1H3,(H,17,18,21). The summed E-state index contributed by atoms with van der Waals surface area (Å²) < 4.78 is 1.75. The lowest BCUT2D eigenvalue weighted by molar-refractivity contribution is 0.102. The second-order valence-electron chi connectivity index (χ2n) is 5.18. The molecule has 1 aliphatic rings. The lowest BCUT2D eigenvalue weighted by Gasteiger charge is -2.19. The van der Waals surface area contributed by atoms with Crippen LogP contribution in [0.25, 0.3) is 0 Å². The first-order chi connectivity index (χ1) is 10.1. The molecule has 110 valence electrons. The fraction of sp³-hybridized carbons (Fsp3) is 0.333. The molecular formula is C15H17ClN4O. The molecule has 0 unspecified atom stereocenters. The van der Waals surface area contributed by atoms with Gasteiger partial charge in [-0.2, -0.15) is 0 Å². The van der Waals surface area contributed by atoms with Gasteiger partial charge in [0.2, 0.25) is 5.95 Å². The molecule has 21 heavy (non-hydrogen) atoms. The molecule has 1 aromatic heterocycles. The molecule has 0 atom stereocenters. The number of amides is 1. The Bertz CT molecular complexity index is 661. The van der Waals surface area contributed by atoms with Crippen LogP contribution in [0.5, 0.6) is 0 Å². The number of hydrogen-bond acceptors (Lipinski definition) is 3. The molecule has 1 aromatic carbocycles. The Hall–Kier alpha value is -2.01. The smallest absolute Gasteiger partial charge is 0.258 e. The van der Waals surface area contributed by atoms with E-state index in [9.17, 15) is 4.79 Å². The maximum Gasteiger partial charge on any atom is 0.258 e. The third-order valence-corrected chi connectivity index (χ3v) is 4.01. The molecule has 0 aliphatic carbocycles. The lowest BCUT2D eigenvalue weighted by Crippen LogP contribution is -2.19. The Morgan fingerprint density at radius 2 is 2.10 bits per heavy atom. The third-order valence-electron chi connectivity index (χ3n) is 3.70. The van der Waals surface area contributed by atoms with Crippen molar-refractivity contribution in [2.75, 3.05) is 23.3 Å². The van der Waals surface area contributed by atoms with Gasteiger partial charge in [0.25, 0.3) is 5.91 Å². The van der Waals surface area contributed by atoms with Crippen LogP contribution < -0.4 is 10.2 Å². The van der Waals surface area contributed by atoms with E-state index in [1.807, 2.05) is 13.1 Å². The number of benzene rings is 1. The van der Waals surface area contributed by atoms with Crippen molar-refractivity contribution >= 4 is 29.1 Å². The number of carbonyl (C=O) groups is 1. The van der Waals surface area contributed by atoms with Crippen LogP contribution in [-0.2, 0) is 7.05 Å². The zero-order chi connectivity index (χ0) is 14.8. The van der Waals surface area contributed by atoms with E-state index in [2.05, 4.69) is 15.2 Å². The van der Waals surface area contributed by atoms with Crippen molar-refractivity contribution in [1.82, 2.24) is 9.55 Å². The molecule has 1 amide bonds. The predicted molar refractivity (Wildman–Crippen MR) is 84.1 cm³/mol. The number of aryl methyl sites for hydroxylation is 1. The van der Waals surface area contributed by atoms with Crippen molar-refractivity contribution in [3.05, 3.63) is 41.2 Å². The molecule has 1 aliphatic heterocycles. The van der Waals surface area contributed by atoms with E-state index in [1.165, 1.54) is 12.8 Å². The quantitative estimate of drug-likeness (QED) is 0.948. The van der Waals surface area contributed by atoms with Crippen LogP contribution in [-0.4, -0.2) is 28.5 Å². The molecule has 1 fully saturated rings. The number of nitrogens with zero attached hydrogens (tertiary/aromatic N) is 3. The van der Waals surface area contributed by atoms with Crippen molar-refractivity contribution in [2.24, 2.45) is 7.05 Å². The van der Waals surface area contributed by atoms with E-state index < -0.39 is 0 Å². The number of aromatic nitrogens is 2. The molecule has 0 radical (unpaired) electrons. The van der Waals surface area contributed by atoms with Gasteiger partial charge in [-0.15, -0.1) is 0 Å². The average molecular weight is 305 g/mol. The van der Waals surface area contributed by atoms with Crippen molar-refractivity contribution in [2.45, 2.75) is 12.8 Å². The molecular weight excluding hydrogens is 288 g/mol. The average Bonchev–Trinajstić information content (AvgIpc) is 3.11. The molecule has 6 heteroatoms. The Morgan fingerprint density at radius 1 is 1.33 bits per heavy atom. The zero-order valence-corrected chi connectivity index (χ0v) is 12.6. The largest absolute Gasteiger partial charge is 0.370 e. The Morgan fingerprint density at radius 3 is 2.71 bits per heavy atom. The summed E-state index contributed by atoms with van der Waals surface area (Å²) in [5.41, 5.74) is 1.54. The van der Waals surface area contributed by atoms with Crippen LogP contribution in [0.15, 0.2) is 30.6 Å². The zero-order valence-electron chi connectivity index (χ0n) is 11.8. The van der Waals surface area contributed by atoms with Gasteiger partial charge in [0.1, 0.15) is 0 Å². The molecule has 2 heterocycles. The van der Waals surface area contributed by atoms with Crippen molar-refractivity contribution in [3.63, 3.8) is 0 Å². The maximum atomic E-state index is 12.2. The summed E-state index contributed by atoms with van der Waals surface area (Å²) in [6.45, 7) is 2.05. The predicted octanol–water partition coefficient (Wildman–Crippen LogP) is 2.93. The van der Waals surface area contributed by atoms with Crippen LogP contribution in [0, 0.1) is 0 Å². The van der Waals surface area contributed by atoms with E-state index in [1.54, 1.807) is 29.1 Å². The van der Waals surface area contributed by atoms with Gasteiger partial charge >= 0.3 is 0 Å². The second-order valence-corrected chi connectivity index (χ2v) is 5.58. The highest BCUT2D eigenvalue weighted by Crippen LogP contribution is 2.29. The first kappa shape index (κ1) is 13.9. The van der Waals surface area contributed by atoms with Crippen LogP contribution in [0.2, 0.25) is 5.02 Å². The van der Waals surface area contributed by atoms with Gasteiger partial charge in [-0.3, -0.25) is 10.1 Å². The highest BCUT2D eigenvalue weighted by molar-refractivity contribution is 6.33. The molecule has 0 bridgehead atoms. The third kappa shape index (κ3) is 2.88. The molecule has 5 nitrogen and oxygen atoms in total. The maximum absolute atomic E-state index is 12.2. The van der Waals surface area contributed by atoms with Gasteiger partial charge in [0.05, 0.1) is 10.7 Å². The fourth-order valence-electron chi connectivity index (χ4n) is 2.52. The van der Waals surface area contributed by atoms with Gasteiger partial charge in [0, 0.05) is 38.1 Å². The number of rotatable bonds is 3. The first-order valence-corrected chi connectivity index (χ1v) is 7.36. The highest BCUT2D eigenvalue weighted by atomic mass is 35.5. The number of carbonyl (C=O) groups excluding carboxylic acids is 1. The topological polar surface area (TPSA) is 50.2 Å². The van der Waals surface area contributed by atoms with E-state index in [4.69, 9.17) is 11.6 Å². The Kier molecular flexibility index (Phi) is 3.84. The number of nitrogens with one attached hydrogen (secondary N) is 1. The SMILES string of the molecule is Cn1ccnc1NC(=O)c1ccc(N2CCCC2)c(Cl)c1. The van der Waals surface area contributed by atoms with Crippen LogP contribution in [0.1, 0.15) is 23.2 Å². The summed E-state index contributed by atoms with van der Waals surface area (Å²) >= 11 is 6.32. The summed E-state index contributed by atoms with van der Waals surface area (Å²) in [6.07, 6.45) is 5.80. The van der Waals surface area contributed by atoms with E-state index >= 15 is 0 Å². The summed E-state index contributed by atoms with van der Waals surface area (Å²) in [5, 5.41) is 3.38. The normalized spacial score (nSPS) is 14.5. The van der Waals surface area contributed by atoms with Gasteiger partial charge in [-0.05, 0) is 31.0 Å². The number of imidazole rings is 1. The van der Waals surface area contributed by atoms with Crippen molar-refractivity contribution in [3.8, 4) is 0 Å².